The monoisotopic (exact) mass is 287 g/mol. The second kappa shape index (κ2) is 4.91. The quantitative estimate of drug-likeness (QED) is 0.489. The highest BCUT2D eigenvalue weighted by molar-refractivity contribution is 6.33. The molecule has 18 heavy (non-hydrogen) atoms. The van der Waals surface area contributed by atoms with Crippen molar-refractivity contribution >= 4 is 28.9 Å². The molecule has 0 fully saturated rings. The molecule has 0 amide bonds. The van der Waals surface area contributed by atoms with Crippen LogP contribution in [-0.2, 0) is 0 Å². The van der Waals surface area contributed by atoms with Gasteiger partial charge in [0.15, 0.2) is 0 Å². The zero-order chi connectivity index (χ0) is 13.3. The Morgan fingerprint density at radius 2 is 2.17 bits per heavy atom. The van der Waals surface area contributed by atoms with Crippen LogP contribution >= 0.6 is 23.2 Å². The number of aromatic nitrogens is 2. The topological polar surface area (TPSA) is 82.1 Å². The lowest BCUT2D eigenvalue weighted by Gasteiger charge is -2.00. The van der Waals surface area contributed by atoms with E-state index in [9.17, 15) is 10.1 Å². The molecule has 0 bridgehead atoms. The first kappa shape index (κ1) is 12.8. The molecule has 0 aliphatic carbocycles. The highest BCUT2D eigenvalue weighted by atomic mass is 35.5. The molecule has 0 saturated heterocycles. The highest BCUT2D eigenvalue weighted by Gasteiger charge is 2.24. The second-order valence-corrected chi connectivity index (χ2v) is 4.51. The summed E-state index contributed by atoms with van der Waals surface area (Å²) in [6.07, 6.45) is 0. The Morgan fingerprint density at radius 3 is 2.72 bits per heavy atom. The molecule has 94 valence electrons. The predicted octanol–water partition coefficient (Wildman–Crippen LogP) is 3.60. The first-order valence-corrected chi connectivity index (χ1v) is 5.73. The zero-order valence-electron chi connectivity index (χ0n) is 9.13. The molecular weight excluding hydrogens is 281 g/mol. The van der Waals surface area contributed by atoms with Gasteiger partial charge in [0.05, 0.1) is 9.95 Å². The van der Waals surface area contributed by atoms with E-state index in [4.69, 9.17) is 27.6 Å². The summed E-state index contributed by atoms with van der Waals surface area (Å²) in [6, 6.07) is 4.30. The SMILES string of the molecule is CC(Cl)c1nnc(-c2c(Cl)cccc2[N+](=O)[O-])o1. The number of nitrogens with zero attached hydrogens (tertiary/aromatic N) is 3. The Balaban J connectivity index is 2.58. The third kappa shape index (κ3) is 2.30. The Morgan fingerprint density at radius 1 is 1.44 bits per heavy atom. The average Bonchev–Trinajstić information content (AvgIpc) is 2.77. The molecule has 2 aromatic rings. The first-order chi connectivity index (χ1) is 8.50. The van der Waals surface area contributed by atoms with Gasteiger partial charge in [-0.3, -0.25) is 10.1 Å². The number of nitro benzene ring substituents is 1. The molecule has 0 aliphatic heterocycles. The van der Waals surface area contributed by atoms with Crippen molar-refractivity contribution in [2.24, 2.45) is 0 Å². The minimum absolute atomic E-state index is 0.0187. The van der Waals surface area contributed by atoms with Gasteiger partial charge in [0.1, 0.15) is 10.9 Å². The van der Waals surface area contributed by atoms with E-state index in [2.05, 4.69) is 10.2 Å². The van der Waals surface area contributed by atoms with Gasteiger partial charge in [0.25, 0.3) is 11.6 Å². The van der Waals surface area contributed by atoms with Crippen molar-refractivity contribution < 1.29 is 9.34 Å². The Kier molecular flexibility index (Phi) is 3.49. The molecule has 1 heterocycles. The van der Waals surface area contributed by atoms with Crippen molar-refractivity contribution in [1.82, 2.24) is 10.2 Å². The summed E-state index contributed by atoms with van der Waals surface area (Å²) >= 11 is 11.7. The average molecular weight is 288 g/mol. The molecule has 0 saturated carbocycles. The van der Waals surface area contributed by atoms with Crippen molar-refractivity contribution in [1.29, 1.82) is 0 Å². The lowest BCUT2D eigenvalue weighted by molar-refractivity contribution is -0.384. The maximum absolute atomic E-state index is 10.9. The molecule has 1 unspecified atom stereocenters. The molecule has 1 aromatic heterocycles. The Hall–Kier alpha value is -1.66. The van der Waals surface area contributed by atoms with Gasteiger partial charge in [0.2, 0.25) is 5.89 Å². The largest absolute Gasteiger partial charge is 0.419 e. The molecule has 0 aliphatic rings. The van der Waals surface area contributed by atoms with Crippen LogP contribution in [0.2, 0.25) is 5.02 Å². The van der Waals surface area contributed by atoms with Crippen LogP contribution in [0, 0.1) is 10.1 Å². The fraction of sp³-hybridized carbons (Fsp3) is 0.200. The summed E-state index contributed by atoms with van der Waals surface area (Å²) < 4.78 is 5.26. The summed E-state index contributed by atoms with van der Waals surface area (Å²) in [5, 5.41) is 18.0. The zero-order valence-corrected chi connectivity index (χ0v) is 10.6. The number of rotatable bonds is 3. The van der Waals surface area contributed by atoms with Crippen molar-refractivity contribution in [3.05, 3.63) is 39.2 Å². The van der Waals surface area contributed by atoms with E-state index >= 15 is 0 Å². The van der Waals surface area contributed by atoms with Crippen LogP contribution in [0.3, 0.4) is 0 Å². The van der Waals surface area contributed by atoms with Gasteiger partial charge >= 0.3 is 0 Å². The van der Waals surface area contributed by atoms with E-state index < -0.39 is 10.3 Å². The number of benzene rings is 1. The van der Waals surface area contributed by atoms with Crippen LogP contribution in [0.5, 0.6) is 0 Å². The fourth-order valence-electron chi connectivity index (χ4n) is 1.37. The fourth-order valence-corrected chi connectivity index (χ4v) is 1.71. The molecule has 6 nitrogen and oxygen atoms in total. The minimum atomic E-state index is -0.560. The lowest BCUT2D eigenvalue weighted by atomic mass is 10.2. The van der Waals surface area contributed by atoms with Crippen LogP contribution in [0.4, 0.5) is 5.69 Å². The summed E-state index contributed by atoms with van der Waals surface area (Å²) in [6.45, 7) is 1.65. The van der Waals surface area contributed by atoms with Crippen LogP contribution in [0.25, 0.3) is 11.5 Å². The number of alkyl halides is 1. The molecule has 1 atom stereocenters. The van der Waals surface area contributed by atoms with Crippen molar-refractivity contribution in [2.45, 2.75) is 12.3 Å². The maximum atomic E-state index is 10.9. The van der Waals surface area contributed by atoms with Crippen LogP contribution in [0.1, 0.15) is 18.2 Å². The van der Waals surface area contributed by atoms with Gasteiger partial charge in [-0.25, -0.2) is 0 Å². The number of hydrogen-bond donors (Lipinski definition) is 0. The number of hydrogen-bond acceptors (Lipinski definition) is 5. The van der Waals surface area contributed by atoms with Crippen molar-refractivity contribution in [2.75, 3.05) is 0 Å². The van der Waals surface area contributed by atoms with Gasteiger partial charge in [-0.05, 0) is 13.0 Å². The van der Waals surface area contributed by atoms with E-state index in [0.29, 0.717) is 0 Å². The van der Waals surface area contributed by atoms with E-state index in [0.717, 1.165) is 0 Å². The van der Waals surface area contributed by atoms with E-state index in [1.165, 1.54) is 18.2 Å². The van der Waals surface area contributed by atoms with Crippen LogP contribution in [-0.4, -0.2) is 15.1 Å². The summed E-state index contributed by atoms with van der Waals surface area (Å²) in [5.74, 6) is 0.163. The summed E-state index contributed by atoms with van der Waals surface area (Å²) in [5.41, 5.74) is -0.0971. The molecular formula is C10H7Cl2N3O3. The summed E-state index contributed by atoms with van der Waals surface area (Å²) in [7, 11) is 0. The molecule has 2 rings (SSSR count). The van der Waals surface area contributed by atoms with Gasteiger partial charge in [-0.15, -0.1) is 21.8 Å². The van der Waals surface area contributed by atoms with Gasteiger partial charge in [-0.1, -0.05) is 17.7 Å². The smallest absolute Gasteiger partial charge is 0.283 e. The van der Waals surface area contributed by atoms with Gasteiger partial charge in [0, 0.05) is 6.07 Å². The third-order valence-corrected chi connectivity index (χ3v) is 2.68. The molecule has 8 heteroatoms. The third-order valence-electron chi connectivity index (χ3n) is 2.18. The first-order valence-electron chi connectivity index (χ1n) is 4.91. The Labute approximate surface area is 112 Å². The molecule has 0 N–H and O–H groups in total. The maximum Gasteiger partial charge on any atom is 0.283 e. The van der Waals surface area contributed by atoms with E-state index in [1.807, 2.05) is 0 Å². The van der Waals surface area contributed by atoms with Crippen molar-refractivity contribution in [3.8, 4) is 11.5 Å². The van der Waals surface area contributed by atoms with E-state index in [-0.39, 0.29) is 28.1 Å². The van der Waals surface area contributed by atoms with Crippen LogP contribution < -0.4 is 0 Å². The predicted molar refractivity (Wildman–Crippen MR) is 65.7 cm³/mol. The Bertz CT molecular complexity index is 598. The van der Waals surface area contributed by atoms with Gasteiger partial charge in [-0.2, -0.15) is 0 Å². The van der Waals surface area contributed by atoms with Crippen LogP contribution in [0.15, 0.2) is 22.6 Å². The molecule has 0 radical (unpaired) electrons. The number of nitro groups is 1. The standard InChI is InChI=1S/C10H7Cl2N3O3/c1-5(11)9-13-14-10(18-9)8-6(12)3-2-4-7(8)15(16)17/h2-5H,1H3. The van der Waals surface area contributed by atoms with Crippen molar-refractivity contribution in [3.63, 3.8) is 0 Å². The van der Waals surface area contributed by atoms with Gasteiger partial charge < -0.3 is 4.42 Å². The lowest BCUT2D eigenvalue weighted by Crippen LogP contribution is -1.92. The second-order valence-electron chi connectivity index (χ2n) is 3.45. The van der Waals surface area contributed by atoms with E-state index in [1.54, 1.807) is 6.92 Å². The normalized spacial score (nSPS) is 12.4. The summed E-state index contributed by atoms with van der Waals surface area (Å²) in [4.78, 5) is 10.4. The number of halogens is 2. The minimum Gasteiger partial charge on any atom is -0.419 e. The molecule has 0 spiro atoms. The highest BCUT2D eigenvalue weighted by Crippen LogP contribution is 2.36. The molecule has 1 aromatic carbocycles.